The number of rotatable bonds is 5. The first-order chi connectivity index (χ1) is 11.6. The number of H-pyrrole nitrogens is 1. The van der Waals surface area contributed by atoms with Gasteiger partial charge < -0.3 is 4.98 Å². The number of carbonyl (C=O) groups excluding carboxylic acids is 1. The van der Waals surface area contributed by atoms with Crippen molar-refractivity contribution in [1.29, 1.82) is 0 Å². The Morgan fingerprint density at radius 3 is 2.62 bits per heavy atom. The molecule has 5 nitrogen and oxygen atoms in total. The molecule has 1 heterocycles. The van der Waals surface area contributed by atoms with E-state index in [0.717, 1.165) is 16.5 Å². The zero-order chi connectivity index (χ0) is 17.1. The highest BCUT2D eigenvalue weighted by molar-refractivity contribution is 5.99. The summed E-state index contributed by atoms with van der Waals surface area (Å²) in [6.07, 6.45) is 3.91. The molecule has 0 aliphatic carbocycles. The Kier molecular flexibility index (Phi) is 4.24. The highest BCUT2D eigenvalue weighted by Gasteiger charge is 2.14. The summed E-state index contributed by atoms with van der Waals surface area (Å²) in [4.78, 5) is 25.9. The first-order valence-electron chi connectivity index (χ1n) is 7.56. The lowest BCUT2D eigenvalue weighted by molar-refractivity contribution is -0.385. The summed E-state index contributed by atoms with van der Waals surface area (Å²) in [7, 11) is 0. The van der Waals surface area contributed by atoms with Gasteiger partial charge >= 0.3 is 0 Å². The summed E-state index contributed by atoms with van der Waals surface area (Å²) >= 11 is 0. The number of carbonyl (C=O) groups is 1. The molecule has 24 heavy (non-hydrogen) atoms. The average molecular weight is 320 g/mol. The van der Waals surface area contributed by atoms with Crippen LogP contribution in [0, 0.1) is 10.1 Å². The first kappa shape index (κ1) is 15.7. The number of para-hydroxylation sites is 2. The zero-order valence-corrected chi connectivity index (χ0v) is 13.2. The van der Waals surface area contributed by atoms with Gasteiger partial charge in [-0.25, -0.2) is 0 Å². The van der Waals surface area contributed by atoms with Gasteiger partial charge in [-0.3, -0.25) is 14.9 Å². The van der Waals surface area contributed by atoms with Crippen molar-refractivity contribution in [1.82, 2.24) is 4.98 Å². The van der Waals surface area contributed by atoms with Gasteiger partial charge in [0.05, 0.1) is 10.5 Å². The maximum Gasteiger partial charge on any atom is 0.276 e. The fourth-order valence-corrected chi connectivity index (χ4v) is 2.72. The van der Waals surface area contributed by atoms with Crippen LogP contribution >= 0.6 is 0 Å². The second-order valence-electron chi connectivity index (χ2n) is 5.58. The van der Waals surface area contributed by atoms with Gasteiger partial charge in [-0.05, 0) is 30.7 Å². The zero-order valence-electron chi connectivity index (χ0n) is 13.2. The van der Waals surface area contributed by atoms with E-state index in [1.807, 2.05) is 30.5 Å². The van der Waals surface area contributed by atoms with Crippen LogP contribution in [-0.4, -0.2) is 15.7 Å². The molecule has 0 fully saturated rings. The number of aromatic amines is 1. The van der Waals surface area contributed by atoms with E-state index in [4.69, 9.17) is 0 Å². The van der Waals surface area contributed by atoms with Crippen LogP contribution in [-0.2, 0) is 11.2 Å². The van der Waals surface area contributed by atoms with Crippen molar-refractivity contribution in [3.8, 4) is 0 Å². The lowest BCUT2D eigenvalue weighted by atomic mass is 9.99. The highest BCUT2D eigenvalue weighted by Crippen LogP contribution is 2.25. The number of nitrogens with zero attached hydrogens (tertiary/aromatic N) is 1. The lowest BCUT2D eigenvalue weighted by Crippen LogP contribution is -2.01. The van der Waals surface area contributed by atoms with Crippen LogP contribution in [0.25, 0.3) is 17.0 Å². The fraction of sp³-hybridized carbons (Fsp3) is 0.105. The Morgan fingerprint density at radius 1 is 1.17 bits per heavy atom. The Labute approximate surface area is 138 Å². The van der Waals surface area contributed by atoms with Gasteiger partial charge in [0, 0.05) is 35.2 Å². The molecule has 0 bridgehead atoms. The molecular formula is C19H16N2O3. The van der Waals surface area contributed by atoms with E-state index in [1.54, 1.807) is 24.3 Å². The molecule has 0 amide bonds. The van der Waals surface area contributed by atoms with E-state index in [1.165, 1.54) is 13.0 Å². The molecular weight excluding hydrogens is 304 g/mol. The standard InChI is InChI=1S/C19H16N2O3/c1-13(22)15(10-14-6-2-5-9-19(14)21(23)24)11-16-12-20-18-8-4-3-7-17(16)18/h2-10,12,20H,11H2,1H3. The van der Waals surface area contributed by atoms with E-state index >= 15 is 0 Å². The summed E-state index contributed by atoms with van der Waals surface area (Å²) in [6, 6.07) is 14.3. The number of allylic oxidation sites excluding steroid dienone is 1. The topological polar surface area (TPSA) is 76.0 Å². The molecule has 0 atom stereocenters. The molecule has 1 N–H and O–H groups in total. The second kappa shape index (κ2) is 6.50. The molecule has 120 valence electrons. The number of hydrogen-bond acceptors (Lipinski definition) is 3. The first-order valence-corrected chi connectivity index (χ1v) is 7.56. The molecule has 0 radical (unpaired) electrons. The average Bonchev–Trinajstić information content (AvgIpc) is 2.97. The van der Waals surface area contributed by atoms with Crippen LogP contribution < -0.4 is 0 Å². The predicted octanol–water partition coefficient (Wildman–Crippen LogP) is 4.29. The maximum atomic E-state index is 12.0. The molecule has 5 heteroatoms. The molecule has 0 unspecified atom stereocenters. The number of hydrogen-bond donors (Lipinski definition) is 1. The predicted molar refractivity (Wildman–Crippen MR) is 93.8 cm³/mol. The van der Waals surface area contributed by atoms with Gasteiger partial charge in [0.25, 0.3) is 5.69 Å². The third kappa shape index (κ3) is 3.10. The molecule has 0 saturated heterocycles. The van der Waals surface area contributed by atoms with Gasteiger partial charge in [-0.1, -0.05) is 30.3 Å². The minimum absolute atomic E-state index is 0.00447. The number of Topliss-reactive ketones (excluding diaryl/α,β-unsaturated/α-hetero) is 1. The smallest absolute Gasteiger partial charge is 0.276 e. The largest absolute Gasteiger partial charge is 0.361 e. The third-order valence-electron chi connectivity index (χ3n) is 3.97. The summed E-state index contributed by atoms with van der Waals surface area (Å²) in [5, 5.41) is 12.2. The molecule has 0 aliphatic rings. The summed E-state index contributed by atoms with van der Waals surface area (Å²) in [5.41, 5.74) is 2.96. The van der Waals surface area contributed by atoms with E-state index in [-0.39, 0.29) is 11.5 Å². The van der Waals surface area contributed by atoms with E-state index < -0.39 is 4.92 Å². The van der Waals surface area contributed by atoms with E-state index in [2.05, 4.69) is 4.98 Å². The molecule has 0 spiro atoms. The minimum Gasteiger partial charge on any atom is -0.361 e. The van der Waals surface area contributed by atoms with Crippen molar-refractivity contribution in [2.45, 2.75) is 13.3 Å². The number of benzene rings is 2. The molecule has 0 saturated carbocycles. The van der Waals surface area contributed by atoms with Crippen molar-refractivity contribution >= 4 is 28.4 Å². The summed E-state index contributed by atoms with van der Waals surface area (Å²) < 4.78 is 0. The molecule has 1 aromatic heterocycles. The Balaban J connectivity index is 2.02. The normalized spacial score (nSPS) is 11.6. The third-order valence-corrected chi connectivity index (χ3v) is 3.97. The van der Waals surface area contributed by atoms with Crippen molar-refractivity contribution < 1.29 is 9.72 Å². The van der Waals surface area contributed by atoms with Crippen molar-refractivity contribution in [3.63, 3.8) is 0 Å². The van der Waals surface area contributed by atoms with Crippen molar-refractivity contribution in [2.75, 3.05) is 0 Å². The van der Waals surface area contributed by atoms with Gasteiger partial charge in [0.2, 0.25) is 0 Å². The van der Waals surface area contributed by atoms with Crippen LogP contribution in [0.15, 0.2) is 60.3 Å². The highest BCUT2D eigenvalue weighted by atomic mass is 16.6. The molecule has 3 rings (SSSR count). The van der Waals surface area contributed by atoms with Crippen LogP contribution in [0.3, 0.4) is 0 Å². The van der Waals surface area contributed by atoms with Crippen LogP contribution in [0.4, 0.5) is 5.69 Å². The number of aromatic nitrogens is 1. The fourth-order valence-electron chi connectivity index (χ4n) is 2.72. The van der Waals surface area contributed by atoms with Crippen LogP contribution in [0.1, 0.15) is 18.1 Å². The molecule has 2 aromatic carbocycles. The Bertz CT molecular complexity index is 954. The molecule has 0 aliphatic heterocycles. The van der Waals surface area contributed by atoms with Gasteiger partial charge in [-0.15, -0.1) is 0 Å². The number of nitro groups is 1. The van der Waals surface area contributed by atoms with Gasteiger partial charge in [-0.2, -0.15) is 0 Å². The number of nitro benzene ring substituents is 1. The SMILES string of the molecule is CC(=O)C(=Cc1ccccc1[N+](=O)[O-])Cc1c[nH]c2ccccc12. The lowest BCUT2D eigenvalue weighted by Gasteiger charge is -2.04. The van der Waals surface area contributed by atoms with Crippen LogP contribution in [0.5, 0.6) is 0 Å². The van der Waals surface area contributed by atoms with Crippen molar-refractivity contribution in [2.24, 2.45) is 0 Å². The van der Waals surface area contributed by atoms with Crippen LogP contribution in [0.2, 0.25) is 0 Å². The van der Waals surface area contributed by atoms with Gasteiger partial charge in [0.1, 0.15) is 0 Å². The summed E-state index contributed by atoms with van der Waals surface area (Å²) in [5.74, 6) is -0.0987. The summed E-state index contributed by atoms with van der Waals surface area (Å²) in [6.45, 7) is 1.48. The van der Waals surface area contributed by atoms with Gasteiger partial charge in [0.15, 0.2) is 5.78 Å². The number of nitrogens with one attached hydrogen (secondary N) is 1. The van der Waals surface area contributed by atoms with E-state index in [9.17, 15) is 14.9 Å². The quantitative estimate of drug-likeness (QED) is 0.433. The number of ketones is 1. The second-order valence-corrected chi connectivity index (χ2v) is 5.58. The molecule has 3 aromatic rings. The van der Waals surface area contributed by atoms with Crippen molar-refractivity contribution in [3.05, 3.63) is 81.5 Å². The Morgan fingerprint density at radius 2 is 1.88 bits per heavy atom. The maximum absolute atomic E-state index is 12.0. The minimum atomic E-state index is -0.435. The number of fused-ring (bicyclic) bond motifs is 1. The van der Waals surface area contributed by atoms with E-state index in [0.29, 0.717) is 17.6 Å². The monoisotopic (exact) mass is 320 g/mol. The Hall–Kier alpha value is -3.21.